The highest BCUT2D eigenvalue weighted by atomic mass is 35.5. The van der Waals surface area contributed by atoms with Crippen LogP contribution in [0.25, 0.3) is 5.69 Å². The van der Waals surface area contributed by atoms with E-state index in [4.69, 9.17) is 21.4 Å². The number of carbonyl (C=O) groups is 2. The van der Waals surface area contributed by atoms with Gasteiger partial charge in [0.05, 0.1) is 17.8 Å². The molecule has 0 atom stereocenters. The zero-order chi connectivity index (χ0) is 17.7. The summed E-state index contributed by atoms with van der Waals surface area (Å²) >= 11 is 5.71. The first-order valence-electron chi connectivity index (χ1n) is 6.80. The van der Waals surface area contributed by atoms with E-state index in [1.807, 2.05) is 0 Å². The third-order valence-corrected chi connectivity index (χ3v) is 3.36. The highest BCUT2D eigenvalue weighted by molar-refractivity contribution is 6.30. The molecule has 0 bridgehead atoms. The number of rotatable bonds is 7. The zero-order valence-electron chi connectivity index (χ0n) is 12.6. The van der Waals surface area contributed by atoms with Crippen LogP contribution in [0.1, 0.15) is 10.5 Å². The largest absolute Gasteiger partial charge is 0.480 e. The van der Waals surface area contributed by atoms with Crippen molar-refractivity contribution in [2.45, 2.75) is 0 Å². The first-order chi connectivity index (χ1) is 11.4. The van der Waals surface area contributed by atoms with Crippen LogP contribution in [0.5, 0.6) is 0 Å². The average molecular weight is 357 g/mol. The molecule has 0 aliphatic heterocycles. The maximum Gasteiger partial charge on any atom is 0.323 e. The minimum absolute atomic E-state index is 0.0238. The summed E-state index contributed by atoms with van der Waals surface area (Å²) in [6, 6.07) is 4.33. The second-order valence-electron chi connectivity index (χ2n) is 4.73. The van der Waals surface area contributed by atoms with E-state index in [2.05, 4.69) is 10.3 Å². The number of aromatic nitrogens is 3. The van der Waals surface area contributed by atoms with Crippen LogP contribution in [-0.4, -0.2) is 63.7 Å². The van der Waals surface area contributed by atoms with Crippen molar-refractivity contribution in [2.75, 3.05) is 26.8 Å². The number of methoxy groups -OCH3 is 1. The van der Waals surface area contributed by atoms with E-state index in [1.54, 1.807) is 0 Å². The summed E-state index contributed by atoms with van der Waals surface area (Å²) in [5, 5.41) is 16.2. The number of carboxylic acid groups (broad SMARTS) is 1. The van der Waals surface area contributed by atoms with Gasteiger partial charge in [-0.2, -0.15) is 0 Å². The Morgan fingerprint density at radius 1 is 1.46 bits per heavy atom. The number of amides is 1. The molecule has 8 nitrogen and oxygen atoms in total. The number of nitrogens with zero attached hydrogens (tertiary/aromatic N) is 4. The average Bonchev–Trinajstić information content (AvgIpc) is 3.02. The van der Waals surface area contributed by atoms with Crippen molar-refractivity contribution >= 4 is 23.5 Å². The molecular weight excluding hydrogens is 343 g/mol. The molecule has 1 amide bonds. The van der Waals surface area contributed by atoms with Crippen molar-refractivity contribution in [1.82, 2.24) is 19.9 Å². The van der Waals surface area contributed by atoms with Gasteiger partial charge in [0.15, 0.2) is 11.5 Å². The Labute approximate surface area is 141 Å². The van der Waals surface area contributed by atoms with E-state index >= 15 is 0 Å². The molecule has 1 aromatic carbocycles. The van der Waals surface area contributed by atoms with Crippen molar-refractivity contribution in [2.24, 2.45) is 0 Å². The molecule has 0 saturated carbocycles. The Morgan fingerprint density at radius 3 is 2.88 bits per heavy atom. The fraction of sp³-hybridized carbons (Fsp3) is 0.286. The Bertz CT molecular complexity index is 752. The second kappa shape index (κ2) is 7.84. The van der Waals surface area contributed by atoms with Gasteiger partial charge in [0.2, 0.25) is 0 Å². The van der Waals surface area contributed by atoms with Crippen LogP contribution in [0.2, 0.25) is 5.02 Å². The van der Waals surface area contributed by atoms with Gasteiger partial charge in [-0.05, 0) is 12.1 Å². The molecule has 10 heteroatoms. The number of halogens is 2. The summed E-state index contributed by atoms with van der Waals surface area (Å²) < 4.78 is 19.9. The van der Waals surface area contributed by atoms with Crippen molar-refractivity contribution < 1.29 is 23.8 Å². The van der Waals surface area contributed by atoms with Gasteiger partial charge in [-0.15, -0.1) is 5.10 Å². The molecule has 0 saturated heterocycles. The normalized spacial score (nSPS) is 10.6. The Hall–Kier alpha value is -2.52. The van der Waals surface area contributed by atoms with Crippen LogP contribution in [-0.2, 0) is 9.53 Å². The van der Waals surface area contributed by atoms with Crippen LogP contribution in [0.4, 0.5) is 4.39 Å². The number of hydrogen-bond donors (Lipinski definition) is 1. The zero-order valence-corrected chi connectivity index (χ0v) is 13.4. The van der Waals surface area contributed by atoms with Crippen LogP contribution < -0.4 is 0 Å². The summed E-state index contributed by atoms with van der Waals surface area (Å²) in [5.74, 6) is -2.53. The highest BCUT2D eigenvalue weighted by Crippen LogP contribution is 2.20. The van der Waals surface area contributed by atoms with E-state index in [-0.39, 0.29) is 29.6 Å². The third-order valence-electron chi connectivity index (χ3n) is 3.07. The van der Waals surface area contributed by atoms with Crippen LogP contribution in [0, 0.1) is 5.82 Å². The fourth-order valence-corrected chi connectivity index (χ4v) is 2.10. The molecule has 0 spiro atoms. The van der Waals surface area contributed by atoms with Gasteiger partial charge >= 0.3 is 5.97 Å². The van der Waals surface area contributed by atoms with Crippen LogP contribution >= 0.6 is 11.6 Å². The van der Waals surface area contributed by atoms with E-state index < -0.39 is 24.2 Å². The van der Waals surface area contributed by atoms with E-state index in [9.17, 15) is 14.0 Å². The molecule has 1 aromatic heterocycles. The standard InChI is InChI=1S/C14H14ClFN4O4/c1-24-6-5-19(8-12(21)22)14(23)10-7-20(18-17-10)11-4-2-3-9(15)13(11)16/h2-4,7H,5-6,8H2,1H3,(H,21,22). The van der Waals surface area contributed by atoms with Gasteiger partial charge in [0.1, 0.15) is 12.2 Å². The lowest BCUT2D eigenvalue weighted by molar-refractivity contribution is -0.137. The summed E-state index contributed by atoms with van der Waals surface area (Å²) in [6.07, 6.45) is 1.21. The number of benzene rings is 1. The van der Waals surface area contributed by atoms with E-state index in [1.165, 1.54) is 31.5 Å². The SMILES string of the molecule is COCCN(CC(=O)O)C(=O)c1cn(-c2cccc(Cl)c2F)nn1. The molecule has 0 unspecified atom stereocenters. The van der Waals surface area contributed by atoms with Gasteiger partial charge in [-0.25, -0.2) is 9.07 Å². The van der Waals surface area contributed by atoms with Gasteiger partial charge in [-0.1, -0.05) is 22.9 Å². The fourth-order valence-electron chi connectivity index (χ4n) is 1.93. The quantitative estimate of drug-likeness (QED) is 0.801. The molecule has 24 heavy (non-hydrogen) atoms. The number of hydrogen-bond acceptors (Lipinski definition) is 5. The molecule has 1 heterocycles. The molecule has 1 N–H and O–H groups in total. The van der Waals surface area contributed by atoms with Crippen LogP contribution in [0.15, 0.2) is 24.4 Å². The molecule has 0 aliphatic rings. The van der Waals surface area contributed by atoms with Crippen molar-refractivity contribution in [1.29, 1.82) is 0 Å². The second-order valence-corrected chi connectivity index (χ2v) is 5.14. The van der Waals surface area contributed by atoms with Gasteiger partial charge in [0, 0.05) is 13.7 Å². The highest BCUT2D eigenvalue weighted by Gasteiger charge is 2.22. The van der Waals surface area contributed by atoms with Gasteiger partial charge in [0.25, 0.3) is 5.91 Å². The van der Waals surface area contributed by atoms with E-state index in [0.29, 0.717) is 0 Å². The summed E-state index contributed by atoms with van der Waals surface area (Å²) in [6.45, 7) is -0.281. The lowest BCUT2D eigenvalue weighted by atomic mass is 10.3. The molecule has 0 aliphatic carbocycles. The summed E-state index contributed by atoms with van der Waals surface area (Å²) in [4.78, 5) is 24.3. The maximum absolute atomic E-state index is 14.0. The maximum atomic E-state index is 14.0. The number of carboxylic acids is 1. The molecule has 128 valence electrons. The molecule has 2 aromatic rings. The molecule has 0 fully saturated rings. The third kappa shape index (κ3) is 4.06. The van der Waals surface area contributed by atoms with Gasteiger partial charge in [-0.3, -0.25) is 9.59 Å². The van der Waals surface area contributed by atoms with Gasteiger partial charge < -0.3 is 14.7 Å². The Balaban J connectivity index is 2.25. The smallest absolute Gasteiger partial charge is 0.323 e. The lowest BCUT2D eigenvalue weighted by Gasteiger charge is -2.18. The summed E-state index contributed by atoms with van der Waals surface area (Å²) in [7, 11) is 1.43. The Kier molecular flexibility index (Phi) is 5.83. The van der Waals surface area contributed by atoms with Crippen molar-refractivity contribution in [3.63, 3.8) is 0 Å². The number of ether oxygens (including phenoxy) is 1. The lowest BCUT2D eigenvalue weighted by Crippen LogP contribution is -2.38. The van der Waals surface area contributed by atoms with Crippen molar-refractivity contribution in [3.8, 4) is 5.69 Å². The topological polar surface area (TPSA) is 97.6 Å². The predicted octanol–water partition coefficient (Wildman–Crippen LogP) is 1.23. The van der Waals surface area contributed by atoms with E-state index in [0.717, 1.165) is 9.58 Å². The first kappa shape index (κ1) is 17.8. The molecular formula is C14H14ClFN4O4. The first-order valence-corrected chi connectivity index (χ1v) is 7.18. The molecule has 0 radical (unpaired) electrons. The minimum Gasteiger partial charge on any atom is -0.480 e. The number of carbonyl (C=O) groups excluding carboxylic acids is 1. The monoisotopic (exact) mass is 356 g/mol. The van der Waals surface area contributed by atoms with Crippen LogP contribution in [0.3, 0.4) is 0 Å². The minimum atomic E-state index is -1.17. The summed E-state index contributed by atoms with van der Waals surface area (Å²) in [5.41, 5.74) is -0.0949. The molecule has 2 rings (SSSR count). The number of aliphatic carboxylic acids is 1. The Morgan fingerprint density at radius 2 is 2.21 bits per heavy atom. The van der Waals surface area contributed by atoms with Crippen molar-refractivity contribution in [3.05, 3.63) is 40.9 Å². The predicted molar refractivity (Wildman–Crippen MR) is 81.7 cm³/mol.